The zero-order valence-corrected chi connectivity index (χ0v) is 9.99. The third-order valence-corrected chi connectivity index (χ3v) is 3.00. The van der Waals surface area contributed by atoms with Gasteiger partial charge in [0, 0.05) is 6.42 Å². The zero-order chi connectivity index (χ0) is 11.5. The highest BCUT2D eigenvalue weighted by Gasteiger charge is 2.29. The van der Waals surface area contributed by atoms with Gasteiger partial charge in [-0.1, -0.05) is 37.3 Å². The maximum atomic E-state index is 5.96. The summed E-state index contributed by atoms with van der Waals surface area (Å²) in [6.07, 6.45) is 1.16. The highest BCUT2D eigenvalue weighted by Crippen LogP contribution is 2.30. The molecular weight excluding hydrogens is 198 g/mol. The maximum absolute atomic E-state index is 5.96. The van der Waals surface area contributed by atoms with E-state index in [0.29, 0.717) is 0 Å². The van der Waals surface area contributed by atoms with E-state index in [2.05, 4.69) is 37.9 Å². The standard InChI is InChI=1S/C14H19NO/c1-4-15-14(10(2)3)13-9-11-7-5-6-8-12(11)16-13/h5-8,13-15H,2,4,9H2,1,3H3. The van der Waals surface area contributed by atoms with Gasteiger partial charge in [-0.15, -0.1) is 0 Å². The van der Waals surface area contributed by atoms with E-state index in [1.165, 1.54) is 5.56 Å². The van der Waals surface area contributed by atoms with Crippen LogP contribution in [0.2, 0.25) is 0 Å². The number of ether oxygens (including phenoxy) is 1. The van der Waals surface area contributed by atoms with E-state index >= 15 is 0 Å². The van der Waals surface area contributed by atoms with Crippen molar-refractivity contribution in [2.45, 2.75) is 32.4 Å². The van der Waals surface area contributed by atoms with E-state index in [1.807, 2.05) is 12.1 Å². The van der Waals surface area contributed by atoms with Crippen LogP contribution < -0.4 is 10.1 Å². The molecule has 1 aromatic rings. The van der Waals surface area contributed by atoms with Crippen LogP contribution in [0.15, 0.2) is 36.4 Å². The van der Waals surface area contributed by atoms with E-state index in [1.54, 1.807) is 0 Å². The Kier molecular flexibility index (Phi) is 3.30. The molecule has 2 unspecified atom stereocenters. The van der Waals surface area contributed by atoms with E-state index in [-0.39, 0.29) is 12.1 Å². The molecule has 1 heterocycles. The smallest absolute Gasteiger partial charge is 0.123 e. The van der Waals surface area contributed by atoms with Gasteiger partial charge < -0.3 is 10.1 Å². The van der Waals surface area contributed by atoms with Crippen LogP contribution in [0, 0.1) is 0 Å². The summed E-state index contributed by atoms with van der Waals surface area (Å²) in [5.41, 5.74) is 2.44. The van der Waals surface area contributed by atoms with Gasteiger partial charge in [0.05, 0.1) is 6.04 Å². The van der Waals surface area contributed by atoms with E-state index in [9.17, 15) is 0 Å². The van der Waals surface area contributed by atoms with Gasteiger partial charge in [0.2, 0.25) is 0 Å². The Labute approximate surface area is 97.3 Å². The first-order chi connectivity index (χ1) is 7.72. The second kappa shape index (κ2) is 4.71. The molecule has 1 aliphatic heterocycles. The second-order valence-electron chi connectivity index (χ2n) is 4.35. The molecule has 0 aromatic heterocycles. The summed E-state index contributed by atoms with van der Waals surface area (Å²) in [4.78, 5) is 0. The lowest BCUT2D eigenvalue weighted by Crippen LogP contribution is -2.43. The van der Waals surface area contributed by atoms with E-state index in [4.69, 9.17) is 4.74 Å². The minimum Gasteiger partial charge on any atom is -0.488 e. The lowest BCUT2D eigenvalue weighted by atomic mass is 10.00. The van der Waals surface area contributed by atoms with Crippen LogP contribution in [0.3, 0.4) is 0 Å². The van der Waals surface area contributed by atoms with Gasteiger partial charge in [-0.05, 0) is 25.1 Å². The first-order valence-electron chi connectivity index (χ1n) is 5.85. The summed E-state index contributed by atoms with van der Waals surface area (Å²) in [7, 11) is 0. The monoisotopic (exact) mass is 217 g/mol. The Morgan fingerprint density at radius 1 is 1.56 bits per heavy atom. The normalized spacial score (nSPS) is 20.0. The molecule has 2 rings (SSSR count). The topological polar surface area (TPSA) is 21.3 Å². The van der Waals surface area contributed by atoms with Crippen LogP contribution in [-0.2, 0) is 6.42 Å². The first-order valence-corrected chi connectivity index (χ1v) is 5.85. The van der Waals surface area contributed by atoms with Gasteiger partial charge in [0.1, 0.15) is 11.9 Å². The van der Waals surface area contributed by atoms with Crippen molar-refractivity contribution < 1.29 is 4.74 Å². The number of para-hydroxylation sites is 1. The van der Waals surface area contributed by atoms with Crippen molar-refractivity contribution in [1.82, 2.24) is 5.32 Å². The zero-order valence-electron chi connectivity index (χ0n) is 9.99. The fourth-order valence-corrected chi connectivity index (χ4v) is 2.24. The molecule has 0 fully saturated rings. The number of rotatable bonds is 4. The van der Waals surface area contributed by atoms with Crippen molar-refractivity contribution in [3.8, 4) is 5.75 Å². The van der Waals surface area contributed by atoms with Gasteiger partial charge in [-0.3, -0.25) is 0 Å². The summed E-state index contributed by atoms with van der Waals surface area (Å²) < 4.78 is 5.96. The third kappa shape index (κ3) is 2.12. The molecule has 1 N–H and O–H groups in total. The molecule has 0 bridgehead atoms. The highest BCUT2D eigenvalue weighted by atomic mass is 16.5. The van der Waals surface area contributed by atoms with Crippen molar-refractivity contribution in [2.24, 2.45) is 0 Å². The molecular formula is C14H19NO. The van der Waals surface area contributed by atoms with Gasteiger partial charge in [-0.25, -0.2) is 0 Å². The molecule has 1 aliphatic rings. The predicted octanol–water partition coefficient (Wildman–Crippen LogP) is 2.54. The molecule has 16 heavy (non-hydrogen) atoms. The van der Waals surface area contributed by atoms with Gasteiger partial charge in [0.15, 0.2) is 0 Å². The van der Waals surface area contributed by atoms with E-state index < -0.39 is 0 Å². The lowest BCUT2D eigenvalue weighted by molar-refractivity contribution is 0.195. The van der Waals surface area contributed by atoms with Crippen LogP contribution in [-0.4, -0.2) is 18.7 Å². The molecule has 0 saturated heterocycles. The van der Waals surface area contributed by atoms with Crippen LogP contribution in [0.1, 0.15) is 19.4 Å². The Morgan fingerprint density at radius 3 is 2.94 bits per heavy atom. The van der Waals surface area contributed by atoms with Crippen molar-refractivity contribution in [2.75, 3.05) is 6.54 Å². The summed E-state index contributed by atoms with van der Waals surface area (Å²) >= 11 is 0. The van der Waals surface area contributed by atoms with Crippen molar-refractivity contribution >= 4 is 0 Å². The van der Waals surface area contributed by atoms with Crippen LogP contribution in [0.4, 0.5) is 0 Å². The van der Waals surface area contributed by atoms with Gasteiger partial charge >= 0.3 is 0 Å². The Balaban J connectivity index is 2.12. The van der Waals surface area contributed by atoms with Crippen LogP contribution >= 0.6 is 0 Å². The van der Waals surface area contributed by atoms with Crippen LogP contribution in [0.5, 0.6) is 5.75 Å². The predicted molar refractivity (Wildman–Crippen MR) is 66.8 cm³/mol. The number of hydrogen-bond acceptors (Lipinski definition) is 2. The molecule has 2 heteroatoms. The van der Waals surface area contributed by atoms with Crippen molar-refractivity contribution in [1.29, 1.82) is 0 Å². The number of likely N-dealkylation sites (N-methyl/N-ethyl adjacent to an activating group) is 1. The number of fused-ring (bicyclic) bond motifs is 1. The first kappa shape index (κ1) is 11.2. The molecule has 2 atom stereocenters. The molecule has 0 aliphatic carbocycles. The second-order valence-corrected chi connectivity index (χ2v) is 4.35. The minimum atomic E-state index is 0.190. The fourth-order valence-electron chi connectivity index (χ4n) is 2.24. The summed E-state index contributed by atoms with van der Waals surface area (Å²) in [5.74, 6) is 1.02. The number of nitrogens with one attached hydrogen (secondary N) is 1. The Bertz CT molecular complexity index is 361. The molecule has 86 valence electrons. The summed E-state index contributed by atoms with van der Waals surface area (Å²) in [5, 5.41) is 3.43. The van der Waals surface area contributed by atoms with Gasteiger partial charge in [0.25, 0.3) is 0 Å². The quantitative estimate of drug-likeness (QED) is 0.783. The Morgan fingerprint density at radius 2 is 2.31 bits per heavy atom. The fraction of sp³-hybridized carbons (Fsp3) is 0.429. The summed E-state index contributed by atoms with van der Waals surface area (Å²) in [6, 6.07) is 8.50. The average molecular weight is 217 g/mol. The number of benzene rings is 1. The molecule has 0 spiro atoms. The third-order valence-electron chi connectivity index (χ3n) is 3.00. The molecule has 0 radical (unpaired) electrons. The van der Waals surface area contributed by atoms with E-state index in [0.717, 1.165) is 24.3 Å². The highest BCUT2D eigenvalue weighted by molar-refractivity contribution is 5.38. The SMILES string of the molecule is C=C(C)C(NCC)C1Cc2ccccc2O1. The Hall–Kier alpha value is -1.28. The number of hydrogen-bond donors (Lipinski definition) is 1. The van der Waals surface area contributed by atoms with Crippen LogP contribution in [0.25, 0.3) is 0 Å². The molecule has 0 saturated carbocycles. The summed E-state index contributed by atoms with van der Waals surface area (Å²) in [6.45, 7) is 9.14. The largest absolute Gasteiger partial charge is 0.488 e. The molecule has 1 aromatic carbocycles. The van der Waals surface area contributed by atoms with Crippen molar-refractivity contribution in [3.63, 3.8) is 0 Å². The molecule has 2 nitrogen and oxygen atoms in total. The maximum Gasteiger partial charge on any atom is 0.123 e. The van der Waals surface area contributed by atoms with Gasteiger partial charge in [-0.2, -0.15) is 0 Å². The lowest BCUT2D eigenvalue weighted by Gasteiger charge is -2.24. The average Bonchev–Trinajstić information content (AvgIpc) is 2.68. The van der Waals surface area contributed by atoms with Crippen molar-refractivity contribution in [3.05, 3.63) is 42.0 Å². The molecule has 0 amide bonds. The minimum absolute atomic E-state index is 0.190.